The van der Waals surface area contributed by atoms with Crippen molar-refractivity contribution in [1.29, 1.82) is 0 Å². The van der Waals surface area contributed by atoms with Gasteiger partial charge in [-0.3, -0.25) is 0 Å². The van der Waals surface area contributed by atoms with Crippen molar-refractivity contribution in [2.24, 2.45) is 0 Å². The normalized spacial score (nSPS) is 10.6. The topological polar surface area (TPSA) is 68.4 Å². The Hall–Kier alpha value is -2.04. The third kappa shape index (κ3) is 2.61. The van der Waals surface area contributed by atoms with Crippen LogP contribution in [0.15, 0.2) is 22.7 Å². The quantitative estimate of drug-likeness (QED) is 0.881. The second-order valence-corrected chi connectivity index (χ2v) is 4.00. The molecule has 1 heterocycles. The zero-order valence-electron chi connectivity index (χ0n) is 10.5. The van der Waals surface area contributed by atoms with E-state index in [4.69, 9.17) is 9.26 Å². The van der Waals surface area contributed by atoms with Crippen molar-refractivity contribution in [3.63, 3.8) is 0 Å². The molecule has 1 aromatic heterocycles. The van der Waals surface area contributed by atoms with Gasteiger partial charge in [-0.2, -0.15) is 4.98 Å². The molecule has 18 heavy (non-hydrogen) atoms. The van der Waals surface area contributed by atoms with E-state index in [-0.39, 0.29) is 5.75 Å². The van der Waals surface area contributed by atoms with E-state index in [1.165, 1.54) is 0 Å². The SMILES string of the molecule is CCCCc1noc(-c2cc(OC)ccc2O)n1. The van der Waals surface area contributed by atoms with Crippen LogP contribution in [0.2, 0.25) is 0 Å². The summed E-state index contributed by atoms with van der Waals surface area (Å²) in [5.74, 6) is 1.71. The minimum Gasteiger partial charge on any atom is -0.507 e. The fourth-order valence-electron chi connectivity index (χ4n) is 1.61. The third-order valence-corrected chi connectivity index (χ3v) is 2.66. The highest BCUT2D eigenvalue weighted by molar-refractivity contribution is 5.64. The Balaban J connectivity index is 2.27. The molecule has 0 aliphatic carbocycles. The van der Waals surface area contributed by atoms with Gasteiger partial charge < -0.3 is 14.4 Å². The predicted molar refractivity (Wildman–Crippen MR) is 66.6 cm³/mol. The van der Waals surface area contributed by atoms with Crippen LogP contribution in [0.1, 0.15) is 25.6 Å². The number of hydrogen-bond donors (Lipinski definition) is 1. The molecule has 0 aliphatic heterocycles. The van der Waals surface area contributed by atoms with E-state index in [0.29, 0.717) is 23.0 Å². The Kier molecular flexibility index (Phi) is 3.82. The number of aromatic hydroxyl groups is 1. The van der Waals surface area contributed by atoms with Crippen LogP contribution in [0.4, 0.5) is 0 Å². The molecule has 5 heteroatoms. The van der Waals surface area contributed by atoms with Crippen molar-refractivity contribution in [3.8, 4) is 23.0 Å². The molecule has 0 atom stereocenters. The summed E-state index contributed by atoms with van der Waals surface area (Å²) < 4.78 is 10.3. The van der Waals surface area contributed by atoms with Crippen LogP contribution >= 0.6 is 0 Å². The van der Waals surface area contributed by atoms with Gasteiger partial charge in [-0.25, -0.2) is 0 Å². The maximum atomic E-state index is 9.79. The summed E-state index contributed by atoms with van der Waals surface area (Å²) in [7, 11) is 1.57. The summed E-state index contributed by atoms with van der Waals surface area (Å²) in [6, 6.07) is 4.89. The van der Waals surface area contributed by atoms with Gasteiger partial charge in [0, 0.05) is 6.42 Å². The number of ether oxygens (including phenoxy) is 1. The average Bonchev–Trinajstić information content (AvgIpc) is 2.85. The minimum atomic E-state index is 0.0986. The molecule has 0 saturated carbocycles. The first-order chi connectivity index (χ1) is 8.74. The van der Waals surface area contributed by atoms with Gasteiger partial charge in [0.15, 0.2) is 5.82 Å². The highest BCUT2D eigenvalue weighted by Gasteiger charge is 2.13. The number of methoxy groups -OCH3 is 1. The third-order valence-electron chi connectivity index (χ3n) is 2.66. The van der Waals surface area contributed by atoms with Crippen LogP contribution in [0, 0.1) is 0 Å². The maximum absolute atomic E-state index is 9.79. The number of aromatic nitrogens is 2. The Bertz CT molecular complexity index is 523. The van der Waals surface area contributed by atoms with Gasteiger partial charge in [-0.05, 0) is 24.6 Å². The zero-order chi connectivity index (χ0) is 13.0. The molecule has 0 radical (unpaired) electrons. The fourth-order valence-corrected chi connectivity index (χ4v) is 1.61. The number of benzene rings is 1. The van der Waals surface area contributed by atoms with E-state index in [2.05, 4.69) is 17.1 Å². The molecule has 5 nitrogen and oxygen atoms in total. The Morgan fingerprint density at radius 2 is 2.22 bits per heavy atom. The van der Waals surface area contributed by atoms with Crippen LogP contribution in [-0.4, -0.2) is 22.4 Å². The summed E-state index contributed by atoms with van der Waals surface area (Å²) in [6.45, 7) is 2.11. The molecule has 96 valence electrons. The zero-order valence-corrected chi connectivity index (χ0v) is 10.5. The molecule has 1 N–H and O–H groups in total. The molecule has 0 amide bonds. The van der Waals surface area contributed by atoms with Crippen LogP contribution in [-0.2, 0) is 6.42 Å². The molecule has 2 aromatic rings. The summed E-state index contributed by atoms with van der Waals surface area (Å²) >= 11 is 0. The van der Waals surface area contributed by atoms with E-state index < -0.39 is 0 Å². The number of rotatable bonds is 5. The first kappa shape index (κ1) is 12.4. The first-order valence-corrected chi connectivity index (χ1v) is 5.94. The maximum Gasteiger partial charge on any atom is 0.261 e. The van der Waals surface area contributed by atoms with Gasteiger partial charge in [0.05, 0.1) is 12.7 Å². The molecular weight excluding hydrogens is 232 g/mol. The lowest BCUT2D eigenvalue weighted by molar-refractivity contribution is 0.406. The Labute approximate surface area is 105 Å². The lowest BCUT2D eigenvalue weighted by Crippen LogP contribution is -1.88. The summed E-state index contributed by atoms with van der Waals surface area (Å²) in [6.07, 6.45) is 2.88. The molecule has 2 rings (SSSR count). The highest BCUT2D eigenvalue weighted by Crippen LogP contribution is 2.31. The number of hydrogen-bond acceptors (Lipinski definition) is 5. The van der Waals surface area contributed by atoms with Gasteiger partial charge >= 0.3 is 0 Å². The number of nitrogens with zero attached hydrogens (tertiary/aromatic N) is 2. The second-order valence-electron chi connectivity index (χ2n) is 4.00. The smallest absolute Gasteiger partial charge is 0.261 e. The molecular formula is C13H16N2O3. The molecule has 0 bridgehead atoms. The van der Waals surface area contributed by atoms with Crippen molar-refractivity contribution < 1.29 is 14.4 Å². The standard InChI is InChI=1S/C13H16N2O3/c1-3-4-5-12-14-13(18-15-12)10-8-9(17-2)6-7-11(10)16/h6-8,16H,3-5H2,1-2H3. The van der Waals surface area contributed by atoms with Gasteiger partial charge in [0.2, 0.25) is 0 Å². The van der Waals surface area contributed by atoms with Gasteiger partial charge in [0.25, 0.3) is 5.89 Å². The van der Waals surface area contributed by atoms with E-state index in [0.717, 1.165) is 19.3 Å². The largest absolute Gasteiger partial charge is 0.507 e. The van der Waals surface area contributed by atoms with Crippen molar-refractivity contribution >= 4 is 0 Å². The molecule has 0 spiro atoms. The number of unbranched alkanes of at least 4 members (excludes halogenated alkanes) is 1. The number of phenolic OH excluding ortho intramolecular Hbond substituents is 1. The monoisotopic (exact) mass is 248 g/mol. The average molecular weight is 248 g/mol. The molecule has 0 saturated heterocycles. The Morgan fingerprint density at radius 1 is 1.39 bits per heavy atom. The van der Waals surface area contributed by atoms with Crippen molar-refractivity contribution in [1.82, 2.24) is 10.1 Å². The van der Waals surface area contributed by atoms with Gasteiger partial charge in [-0.15, -0.1) is 0 Å². The predicted octanol–water partition coefficient (Wildman–Crippen LogP) is 2.79. The minimum absolute atomic E-state index is 0.0986. The van der Waals surface area contributed by atoms with E-state index in [9.17, 15) is 5.11 Å². The fraction of sp³-hybridized carbons (Fsp3) is 0.385. The molecule has 0 aliphatic rings. The van der Waals surface area contributed by atoms with Crippen molar-refractivity contribution in [3.05, 3.63) is 24.0 Å². The van der Waals surface area contributed by atoms with E-state index in [1.807, 2.05) is 0 Å². The number of aryl methyl sites for hydroxylation is 1. The summed E-state index contributed by atoms with van der Waals surface area (Å²) in [4.78, 5) is 4.26. The Morgan fingerprint density at radius 3 is 2.94 bits per heavy atom. The molecule has 0 fully saturated rings. The lowest BCUT2D eigenvalue weighted by atomic mass is 10.2. The van der Waals surface area contributed by atoms with Gasteiger partial charge in [0.1, 0.15) is 11.5 Å². The molecule has 1 aromatic carbocycles. The van der Waals surface area contributed by atoms with E-state index in [1.54, 1.807) is 25.3 Å². The number of phenols is 1. The molecule has 0 unspecified atom stereocenters. The summed E-state index contributed by atoms with van der Waals surface area (Å²) in [5, 5.41) is 13.7. The lowest BCUT2D eigenvalue weighted by Gasteiger charge is -2.02. The summed E-state index contributed by atoms with van der Waals surface area (Å²) in [5.41, 5.74) is 0.490. The first-order valence-electron chi connectivity index (χ1n) is 5.94. The van der Waals surface area contributed by atoms with E-state index >= 15 is 0 Å². The van der Waals surface area contributed by atoms with Crippen LogP contribution in [0.25, 0.3) is 11.5 Å². The van der Waals surface area contributed by atoms with Crippen molar-refractivity contribution in [2.75, 3.05) is 7.11 Å². The second kappa shape index (κ2) is 5.53. The highest BCUT2D eigenvalue weighted by atomic mass is 16.5. The van der Waals surface area contributed by atoms with Crippen molar-refractivity contribution in [2.45, 2.75) is 26.2 Å². The van der Waals surface area contributed by atoms with Crippen LogP contribution in [0.5, 0.6) is 11.5 Å². The van der Waals surface area contributed by atoms with Crippen LogP contribution < -0.4 is 4.74 Å². The van der Waals surface area contributed by atoms with Crippen LogP contribution in [0.3, 0.4) is 0 Å². The van der Waals surface area contributed by atoms with Gasteiger partial charge in [-0.1, -0.05) is 18.5 Å².